The van der Waals surface area contributed by atoms with Crippen LogP contribution in [0.2, 0.25) is 0 Å². The van der Waals surface area contributed by atoms with Crippen molar-refractivity contribution in [2.75, 3.05) is 44.3 Å². The van der Waals surface area contributed by atoms with E-state index in [0.29, 0.717) is 11.8 Å². The average molecular weight is 330 g/mol. The number of ether oxygens (including phenoxy) is 1. The first kappa shape index (κ1) is 15.8. The number of rotatable bonds is 3. The van der Waals surface area contributed by atoms with E-state index in [0.717, 1.165) is 76.6 Å². The van der Waals surface area contributed by atoms with Gasteiger partial charge in [-0.3, -0.25) is 4.79 Å². The van der Waals surface area contributed by atoms with Gasteiger partial charge in [0.1, 0.15) is 12.1 Å². The Labute approximate surface area is 143 Å². The third kappa shape index (κ3) is 3.11. The molecule has 3 fully saturated rings. The molecule has 24 heavy (non-hydrogen) atoms. The summed E-state index contributed by atoms with van der Waals surface area (Å²) in [6.07, 6.45) is 5.91. The van der Waals surface area contributed by atoms with Crippen LogP contribution in [0.1, 0.15) is 44.2 Å². The number of morpholine rings is 1. The number of carbonyl (C=O) groups excluding carboxylic acids is 1. The number of nitrogens with zero attached hydrogens (tertiary/aromatic N) is 4. The number of anilines is 1. The lowest BCUT2D eigenvalue weighted by atomic mass is 9.93. The van der Waals surface area contributed by atoms with Gasteiger partial charge >= 0.3 is 0 Å². The SMILES string of the molecule is CC1(C(=O)N2CCC[C@H](c3cc(N4CCOCC4)ncn3)C2)CC1. The molecule has 0 radical (unpaired) electrons. The fraction of sp³-hybridized carbons (Fsp3) is 0.722. The summed E-state index contributed by atoms with van der Waals surface area (Å²) in [6.45, 7) is 7.06. The van der Waals surface area contributed by atoms with Gasteiger partial charge in [0.25, 0.3) is 0 Å². The standard InChI is InChI=1S/C18H26N4O2/c1-18(4-5-18)17(23)22-6-2-3-14(12-22)15-11-16(20-13-19-15)21-7-9-24-10-8-21/h11,13-14H,2-10,12H2,1H3/t14-/m0/s1. The lowest BCUT2D eigenvalue weighted by molar-refractivity contribution is -0.137. The van der Waals surface area contributed by atoms with Crippen molar-refractivity contribution in [1.82, 2.24) is 14.9 Å². The zero-order chi connectivity index (χ0) is 16.6. The highest BCUT2D eigenvalue weighted by molar-refractivity contribution is 5.85. The van der Waals surface area contributed by atoms with Crippen LogP contribution in [-0.2, 0) is 9.53 Å². The Kier molecular flexibility index (Phi) is 4.16. The Morgan fingerprint density at radius 3 is 2.79 bits per heavy atom. The van der Waals surface area contributed by atoms with Crippen LogP contribution in [0, 0.1) is 5.41 Å². The highest BCUT2D eigenvalue weighted by atomic mass is 16.5. The van der Waals surface area contributed by atoms with Crippen LogP contribution in [0.3, 0.4) is 0 Å². The molecule has 0 spiro atoms. The minimum atomic E-state index is -0.0769. The third-order valence-electron chi connectivity index (χ3n) is 5.65. The van der Waals surface area contributed by atoms with Crippen LogP contribution < -0.4 is 4.90 Å². The van der Waals surface area contributed by atoms with Gasteiger partial charge in [0.15, 0.2) is 0 Å². The summed E-state index contributed by atoms with van der Waals surface area (Å²) >= 11 is 0. The Morgan fingerprint density at radius 2 is 2.04 bits per heavy atom. The van der Waals surface area contributed by atoms with Crippen LogP contribution in [0.25, 0.3) is 0 Å². The smallest absolute Gasteiger partial charge is 0.228 e. The Morgan fingerprint density at radius 1 is 1.25 bits per heavy atom. The summed E-state index contributed by atoms with van der Waals surface area (Å²) in [6, 6.07) is 2.11. The van der Waals surface area contributed by atoms with Crippen LogP contribution in [-0.4, -0.2) is 60.2 Å². The first-order chi connectivity index (χ1) is 11.7. The molecule has 2 aliphatic heterocycles. The molecule has 4 rings (SSSR count). The molecule has 1 atom stereocenters. The Balaban J connectivity index is 1.47. The van der Waals surface area contributed by atoms with E-state index in [1.165, 1.54) is 0 Å². The van der Waals surface area contributed by atoms with Crippen molar-refractivity contribution in [3.63, 3.8) is 0 Å². The molecule has 0 N–H and O–H groups in total. The molecule has 1 aliphatic carbocycles. The second kappa shape index (κ2) is 6.31. The number of hydrogen-bond donors (Lipinski definition) is 0. The van der Waals surface area contributed by atoms with E-state index < -0.39 is 0 Å². The maximum atomic E-state index is 12.6. The van der Waals surface area contributed by atoms with Gasteiger partial charge in [-0.2, -0.15) is 0 Å². The van der Waals surface area contributed by atoms with Crippen LogP contribution in [0.15, 0.2) is 12.4 Å². The van der Waals surface area contributed by atoms with Gasteiger partial charge in [-0.15, -0.1) is 0 Å². The largest absolute Gasteiger partial charge is 0.378 e. The van der Waals surface area contributed by atoms with Gasteiger partial charge in [0.05, 0.1) is 18.9 Å². The third-order valence-corrected chi connectivity index (χ3v) is 5.65. The van der Waals surface area contributed by atoms with E-state index in [2.05, 4.69) is 32.8 Å². The first-order valence-corrected chi connectivity index (χ1v) is 9.10. The molecule has 0 bridgehead atoms. The summed E-state index contributed by atoms with van der Waals surface area (Å²) in [4.78, 5) is 25.9. The highest BCUT2D eigenvalue weighted by Gasteiger charge is 2.47. The maximum Gasteiger partial charge on any atom is 0.228 e. The topological polar surface area (TPSA) is 58.6 Å². The van der Waals surface area contributed by atoms with Gasteiger partial charge in [0, 0.05) is 43.6 Å². The molecule has 1 aromatic heterocycles. The normalized spacial score (nSPS) is 26.3. The molecule has 1 amide bonds. The summed E-state index contributed by atoms with van der Waals surface area (Å²) in [5.41, 5.74) is 0.997. The number of aromatic nitrogens is 2. The zero-order valence-electron chi connectivity index (χ0n) is 14.4. The van der Waals surface area contributed by atoms with Crippen LogP contribution in [0.4, 0.5) is 5.82 Å². The minimum Gasteiger partial charge on any atom is -0.378 e. The van der Waals surface area contributed by atoms with Crippen LogP contribution >= 0.6 is 0 Å². The van der Waals surface area contributed by atoms with Crippen molar-refractivity contribution in [3.8, 4) is 0 Å². The molecule has 3 aliphatic rings. The van der Waals surface area contributed by atoms with Crippen molar-refractivity contribution >= 4 is 11.7 Å². The Bertz CT molecular complexity index is 611. The predicted molar refractivity (Wildman–Crippen MR) is 91.0 cm³/mol. The average Bonchev–Trinajstić information content (AvgIpc) is 3.41. The van der Waals surface area contributed by atoms with E-state index in [-0.39, 0.29) is 5.41 Å². The quantitative estimate of drug-likeness (QED) is 0.846. The van der Waals surface area contributed by atoms with Crippen molar-refractivity contribution in [1.29, 1.82) is 0 Å². The number of hydrogen-bond acceptors (Lipinski definition) is 5. The lowest BCUT2D eigenvalue weighted by Crippen LogP contribution is -2.42. The molecular formula is C18H26N4O2. The van der Waals surface area contributed by atoms with E-state index in [4.69, 9.17) is 4.74 Å². The van der Waals surface area contributed by atoms with Gasteiger partial charge in [0.2, 0.25) is 5.91 Å². The second-order valence-corrected chi connectivity index (χ2v) is 7.55. The van der Waals surface area contributed by atoms with Crippen molar-refractivity contribution in [3.05, 3.63) is 18.1 Å². The summed E-state index contributed by atoms with van der Waals surface area (Å²) in [5, 5.41) is 0. The fourth-order valence-electron chi connectivity index (χ4n) is 3.74. The van der Waals surface area contributed by atoms with Gasteiger partial charge < -0.3 is 14.5 Å². The molecule has 0 unspecified atom stereocenters. The molecule has 130 valence electrons. The van der Waals surface area contributed by atoms with E-state index in [9.17, 15) is 4.79 Å². The highest BCUT2D eigenvalue weighted by Crippen LogP contribution is 2.47. The Hall–Kier alpha value is -1.69. The minimum absolute atomic E-state index is 0.0769. The maximum absolute atomic E-state index is 12.6. The molecular weight excluding hydrogens is 304 g/mol. The van der Waals surface area contributed by atoms with E-state index in [1.807, 2.05) is 0 Å². The van der Waals surface area contributed by atoms with Crippen LogP contribution in [0.5, 0.6) is 0 Å². The molecule has 3 heterocycles. The van der Waals surface area contributed by atoms with Gasteiger partial charge in [-0.25, -0.2) is 9.97 Å². The second-order valence-electron chi connectivity index (χ2n) is 7.55. The molecule has 0 aromatic carbocycles. The van der Waals surface area contributed by atoms with Crippen molar-refractivity contribution in [2.24, 2.45) is 5.41 Å². The number of carbonyl (C=O) groups is 1. The lowest BCUT2D eigenvalue weighted by Gasteiger charge is -2.34. The van der Waals surface area contributed by atoms with E-state index in [1.54, 1.807) is 6.33 Å². The van der Waals surface area contributed by atoms with Gasteiger partial charge in [-0.05, 0) is 25.7 Å². The van der Waals surface area contributed by atoms with Crippen molar-refractivity contribution in [2.45, 2.75) is 38.5 Å². The monoisotopic (exact) mass is 330 g/mol. The van der Waals surface area contributed by atoms with Gasteiger partial charge in [-0.1, -0.05) is 6.92 Å². The molecule has 1 aromatic rings. The molecule has 2 saturated heterocycles. The zero-order valence-corrected chi connectivity index (χ0v) is 14.4. The van der Waals surface area contributed by atoms with E-state index >= 15 is 0 Å². The van der Waals surface area contributed by atoms with Crippen molar-refractivity contribution < 1.29 is 9.53 Å². The summed E-state index contributed by atoms with van der Waals surface area (Å²) in [5.74, 6) is 1.66. The predicted octanol–water partition coefficient (Wildman–Crippen LogP) is 1.82. The molecule has 1 saturated carbocycles. The number of amides is 1. The fourth-order valence-corrected chi connectivity index (χ4v) is 3.74. The summed E-state index contributed by atoms with van der Waals surface area (Å²) in [7, 11) is 0. The first-order valence-electron chi connectivity index (χ1n) is 9.10. The molecule has 6 nitrogen and oxygen atoms in total. The summed E-state index contributed by atoms with van der Waals surface area (Å²) < 4.78 is 5.42. The number of piperidine rings is 1. The number of likely N-dealkylation sites (tertiary alicyclic amines) is 1. The molecule has 6 heteroatoms.